The number of nitrogens with zero attached hydrogens (tertiary/aromatic N) is 4. The first-order valence-electron chi connectivity index (χ1n) is 13.0. The van der Waals surface area contributed by atoms with E-state index in [0.29, 0.717) is 29.5 Å². The number of benzene rings is 2. The highest BCUT2D eigenvalue weighted by molar-refractivity contribution is 5.92. The quantitative estimate of drug-likeness (QED) is 0.486. The molecule has 2 N–H and O–H groups in total. The molecule has 0 unspecified atom stereocenters. The number of aromatic nitrogens is 2. The topological polar surface area (TPSA) is 74.8 Å². The van der Waals surface area contributed by atoms with Crippen molar-refractivity contribution >= 4 is 22.7 Å². The maximum absolute atomic E-state index is 5.59. The van der Waals surface area contributed by atoms with Gasteiger partial charge < -0.3 is 25.0 Å². The summed E-state index contributed by atoms with van der Waals surface area (Å²) in [6.07, 6.45) is 4.33. The zero-order chi connectivity index (χ0) is 24.9. The van der Waals surface area contributed by atoms with Crippen molar-refractivity contribution in [1.29, 1.82) is 0 Å². The Bertz CT molecular complexity index is 1140. The minimum Gasteiger partial charge on any atom is -0.493 e. The first kappa shape index (κ1) is 24.6. The number of methoxy groups -OCH3 is 2. The minimum absolute atomic E-state index is 0.361. The lowest BCUT2D eigenvalue weighted by molar-refractivity contribution is 0.211. The van der Waals surface area contributed by atoms with E-state index in [1.54, 1.807) is 14.2 Å². The Balaban J connectivity index is 1.34. The van der Waals surface area contributed by atoms with Crippen molar-refractivity contribution < 1.29 is 9.47 Å². The number of likely N-dealkylation sites (tertiary alicyclic amines) is 2. The molecule has 0 atom stereocenters. The van der Waals surface area contributed by atoms with Crippen LogP contribution in [0.15, 0.2) is 42.5 Å². The lowest BCUT2D eigenvalue weighted by Gasteiger charge is -2.33. The number of anilines is 2. The van der Waals surface area contributed by atoms with E-state index in [1.165, 1.54) is 5.56 Å². The third kappa shape index (κ3) is 5.82. The number of ether oxygens (including phenoxy) is 2. The van der Waals surface area contributed by atoms with Crippen LogP contribution < -0.4 is 20.1 Å². The number of nitrogens with one attached hydrogen (secondary N) is 2. The fourth-order valence-electron chi connectivity index (χ4n) is 5.24. The Kier molecular flexibility index (Phi) is 7.72. The molecular formula is C28H38N6O2. The third-order valence-corrected chi connectivity index (χ3v) is 7.43. The molecule has 8 heteroatoms. The number of rotatable bonds is 8. The second-order valence-corrected chi connectivity index (χ2v) is 10.0. The van der Waals surface area contributed by atoms with Gasteiger partial charge in [-0.05, 0) is 57.5 Å². The van der Waals surface area contributed by atoms with Crippen molar-refractivity contribution in [2.24, 2.45) is 0 Å². The normalized spacial score (nSPS) is 18.3. The molecule has 2 aliphatic heterocycles. The third-order valence-electron chi connectivity index (χ3n) is 7.43. The molecule has 0 spiro atoms. The maximum atomic E-state index is 5.59. The van der Waals surface area contributed by atoms with Crippen LogP contribution in [0, 0.1) is 0 Å². The molecular weight excluding hydrogens is 452 g/mol. The van der Waals surface area contributed by atoms with Crippen LogP contribution in [-0.2, 0) is 6.54 Å². The van der Waals surface area contributed by atoms with Crippen LogP contribution in [0.25, 0.3) is 10.9 Å². The first-order valence-corrected chi connectivity index (χ1v) is 13.0. The SMILES string of the molecule is COc1cc2nc(NC3CCN(C)CC3)nc(NC3CCN(Cc4ccccc4)CC3)c2cc1OC. The van der Waals surface area contributed by atoms with Gasteiger partial charge in [0.1, 0.15) is 5.82 Å². The van der Waals surface area contributed by atoms with Crippen molar-refractivity contribution in [2.45, 2.75) is 44.3 Å². The van der Waals surface area contributed by atoms with Gasteiger partial charge in [0.25, 0.3) is 0 Å². The van der Waals surface area contributed by atoms with Gasteiger partial charge in [-0.3, -0.25) is 4.90 Å². The van der Waals surface area contributed by atoms with Crippen LogP contribution in [-0.4, -0.2) is 79.3 Å². The summed E-state index contributed by atoms with van der Waals surface area (Å²) in [5.41, 5.74) is 2.22. The van der Waals surface area contributed by atoms with E-state index >= 15 is 0 Å². The fourth-order valence-corrected chi connectivity index (χ4v) is 5.24. The van der Waals surface area contributed by atoms with Crippen LogP contribution >= 0.6 is 0 Å². The second kappa shape index (κ2) is 11.3. The maximum Gasteiger partial charge on any atom is 0.225 e. The molecule has 3 heterocycles. The molecule has 0 bridgehead atoms. The summed E-state index contributed by atoms with van der Waals surface area (Å²) < 4.78 is 11.1. The molecule has 5 rings (SSSR count). The summed E-state index contributed by atoms with van der Waals surface area (Å²) in [5, 5.41) is 8.31. The molecule has 0 radical (unpaired) electrons. The van der Waals surface area contributed by atoms with Gasteiger partial charge in [0, 0.05) is 43.2 Å². The predicted molar refractivity (Wildman–Crippen MR) is 145 cm³/mol. The largest absolute Gasteiger partial charge is 0.493 e. The Hall–Kier alpha value is -3.10. The molecule has 8 nitrogen and oxygen atoms in total. The van der Waals surface area contributed by atoms with Gasteiger partial charge in [0.15, 0.2) is 11.5 Å². The molecule has 2 aromatic carbocycles. The molecule has 1 aromatic heterocycles. The van der Waals surface area contributed by atoms with Crippen LogP contribution in [0.4, 0.5) is 11.8 Å². The highest BCUT2D eigenvalue weighted by Gasteiger charge is 2.23. The molecule has 192 valence electrons. The Morgan fingerprint density at radius 3 is 2.17 bits per heavy atom. The molecule has 3 aromatic rings. The fraction of sp³-hybridized carbons (Fsp3) is 0.500. The van der Waals surface area contributed by atoms with Crippen LogP contribution in [0.5, 0.6) is 11.5 Å². The zero-order valence-corrected chi connectivity index (χ0v) is 21.7. The van der Waals surface area contributed by atoms with E-state index < -0.39 is 0 Å². The average molecular weight is 491 g/mol. The summed E-state index contributed by atoms with van der Waals surface area (Å²) in [6.45, 7) is 5.30. The summed E-state index contributed by atoms with van der Waals surface area (Å²) in [5.74, 6) is 2.89. The highest BCUT2D eigenvalue weighted by Crippen LogP contribution is 2.35. The van der Waals surface area contributed by atoms with Gasteiger partial charge in [0.05, 0.1) is 19.7 Å². The molecule has 0 amide bonds. The van der Waals surface area contributed by atoms with Crippen molar-refractivity contribution in [2.75, 3.05) is 58.1 Å². The van der Waals surface area contributed by atoms with E-state index in [9.17, 15) is 0 Å². The second-order valence-electron chi connectivity index (χ2n) is 10.0. The lowest BCUT2D eigenvalue weighted by atomic mass is 10.0. The van der Waals surface area contributed by atoms with Crippen LogP contribution in [0.2, 0.25) is 0 Å². The standard InChI is InChI=1S/C28H38N6O2/c1-33-13-9-22(10-14-33)30-28-31-24-18-26(36-3)25(35-2)17-23(24)27(32-28)29-21-11-15-34(16-12-21)19-20-7-5-4-6-8-20/h4-8,17-18,21-22H,9-16,19H2,1-3H3,(H2,29,30,31,32). The van der Waals surface area contributed by atoms with Crippen molar-refractivity contribution in [3.05, 3.63) is 48.0 Å². The summed E-state index contributed by atoms with van der Waals surface area (Å²) in [6, 6.07) is 15.4. The van der Waals surface area contributed by atoms with Crippen LogP contribution in [0.1, 0.15) is 31.2 Å². The molecule has 2 aliphatic rings. The van der Waals surface area contributed by atoms with Crippen LogP contribution in [0.3, 0.4) is 0 Å². The number of piperidine rings is 2. The van der Waals surface area contributed by atoms with Gasteiger partial charge in [-0.1, -0.05) is 30.3 Å². The highest BCUT2D eigenvalue weighted by atomic mass is 16.5. The monoisotopic (exact) mass is 490 g/mol. The Morgan fingerprint density at radius 1 is 0.833 bits per heavy atom. The summed E-state index contributed by atoms with van der Waals surface area (Å²) in [7, 11) is 5.50. The predicted octanol–water partition coefficient (Wildman–Crippen LogP) is 4.23. The first-order chi connectivity index (χ1) is 17.6. The molecule has 36 heavy (non-hydrogen) atoms. The van der Waals surface area contributed by atoms with Gasteiger partial charge in [-0.15, -0.1) is 0 Å². The minimum atomic E-state index is 0.361. The van der Waals surface area contributed by atoms with Gasteiger partial charge >= 0.3 is 0 Å². The molecule has 2 saturated heterocycles. The van der Waals surface area contributed by atoms with E-state index in [2.05, 4.69) is 57.8 Å². The van der Waals surface area contributed by atoms with E-state index in [0.717, 1.165) is 75.1 Å². The van der Waals surface area contributed by atoms with Gasteiger partial charge in [0.2, 0.25) is 5.95 Å². The smallest absolute Gasteiger partial charge is 0.225 e. The van der Waals surface area contributed by atoms with Crippen molar-refractivity contribution in [3.63, 3.8) is 0 Å². The van der Waals surface area contributed by atoms with E-state index in [1.807, 2.05) is 12.1 Å². The molecule has 0 saturated carbocycles. The number of hydrogen-bond acceptors (Lipinski definition) is 8. The molecule has 2 fully saturated rings. The number of hydrogen-bond donors (Lipinski definition) is 2. The summed E-state index contributed by atoms with van der Waals surface area (Å²) >= 11 is 0. The zero-order valence-electron chi connectivity index (χ0n) is 21.7. The van der Waals surface area contributed by atoms with Gasteiger partial charge in [-0.2, -0.15) is 4.98 Å². The average Bonchev–Trinajstić information content (AvgIpc) is 2.91. The molecule has 0 aliphatic carbocycles. The van der Waals surface area contributed by atoms with E-state index in [4.69, 9.17) is 19.4 Å². The lowest BCUT2D eigenvalue weighted by Crippen LogP contribution is -2.39. The van der Waals surface area contributed by atoms with E-state index in [-0.39, 0.29) is 0 Å². The number of fused-ring (bicyclic) bond motifs is 1. The van der Waals surface area contributed by atoms with Crippen molar-refractivity contribution in [3.8, 4) is 11.5 Å². The Labute approximate surface area is 214 Å². The summed E-state index contributed by atoms with van der Waals surface area (Å²) in [4.78, 5) is 14.7. The van der Waals surface area contributed by atoms with Crippen molar-refractivity contribution in [1.82, 2.24) is 19.8 Å². The van der Waals surface area contributed by atoms with Gasteiger partial charge in [-0.25, -0.2) is 4.98 Å². The Morgan fingerprint density at radius 2 is 1.47 bits per heavy atom.